The van der Waals surface area contributed by atoms with Gasteiger partial charge in [0.25, 0.3) is 0 Å². The Morgan fingerprint density at radius 1 is 1.16 bits per heavy atom. The maximum Gasteiger partial charge on any atom is 0.163 e. The molecule has 3 aromatic rings. The molecule has 0 aliphatic rings. The normalized spacial score (nSPS) is 10.9. The topological polar surface area (TPSA) is 116 Å². The molecule has 0 saturated heterocycles. The average molecular weight is 451 g/mol. The predicted octanol–water partition coefficient (Wildman–Crippen LogP) is 4.22. The molecule has 0 fully saturated rings. The zero-order valence-electron chi connectivity index (χ0n) is 19.2. The molecule has 0 spiro atoms. The lowest BCUT2D eigenvalue weighted by atomic mass is 10.1. The first-order valence-corrected chi connectivity index (χ1v) is 11.1. The Labute approximate surface area is 193 Å². The molecular weight excluding hydrogens is 420 g/mol. The van der Waals surface area contributed by atoms with Gasteiger partial charge in [0.2, 0.25) is 0 Å². The van der Waals surface area contributed by atoms with Crippen LogP contribution in [0.25, 0.3) is 11.4 Å². The summed E-state index contributed by atoms with van der Waals surface area (Å²) in [5.41, 5.74) is 11.2. The minimum absolute atomic E-state index is 0.302. The van der Waals surface area contributed by atoms with E-state index >= 15 is 0 Å². The lowest BCUT2D eigenvalue weighted by molar-refractivity contribution is 0.425. The first kappa shape index (κ1) is 23.5. The summed E-state index contributed by atoms with van der Waals surface area (Å²) in [5.74, 6) is 1.42. The van der Waals surface area contributed by atoms with Gasteiger partial charge in [0.1, 0.15) is 16.7 Å². The fourth-order valence-electron chi connectivity index (χ4n) is 3.09. The maximum atomic E-state index is 8.08. The van der Waals surface area contributed by atoms with E-state index in [1.54, 1.807) is 13.1 Å². The standard InChI is InChI=1S/C23H30N8S/c1-14-8-9-26-19(12-14)32-30-18-7-6-17(13-15(18)2)22-28-21(25)20(16(3)24)23(29-22)27-10-11-31(4)5/h6-9,12-13,24,30H,10-11H2,1-5H3,(H3,25,27,28,29). The Balaban J connectivity index is 1.84. The number of hydrogen-bond acceptors (Lipinski definition) is 9. The molecule has 32 heavy (non-hydrogen) atoms. The fourth-order valence-corrected chi connectivity index (χ4v) is 3.89. The highest BCUT2D eigenvalue weighted by Gasteiger charge is 2.16. The van der Waals surface area contributed by atoms with Crippen LogP contribution in [0.15, 0.2) is 41.6 Å². The summed E-state index contributed by atoms with van der Waals surface area (Å²) in [6, 6.07) is 10.0. The summed E-state index contributed by atoms with van der Waals surface area (Å²) in [6.07, 6.45) is 1.81. The smallest absolute Gasteiger partial charge is 0.163 e. The molecule has 0 unspecified atom stereocenters. The minimum Gasteiger partial charge on any atom is -0.383 e. The number of hydrogen-bond donors (Lipinski definition) is 4. The number of pyridine rings is 1. The number of nitrogen functional groups attached to an aromatic ring is 1. The third-order valence-corrected chi connectivity index (χ3v) is 5.56. The second-order valence-corrected chi connectivity index (χ2v) is 8.74. The van der Waals surface area contributed by atoms with Gasteiger partial charge in [0.05, 0.1) is 5.56 Å². The first-order valence-electron chi connectivity index (χ1n) is 10.3. The Hall–Kier alpha value is -3.17. The largest absolute Gasteiger partial charge is 0.383 e. The Morgan fingerprint density at radius 3 is 2.59 bits per heavy atom. The second-order valence-electron chi connectivity index (χ2n) is 7.92. The average Bonchev–Trinajstić information content (AvgIpc) is 2.72. The fraction of sp³-hybridized carbons (Fsp3) is 0.304. The Morgan fingerprint density at radius 2 is 1.94 bits per heavy atom. The lowest BCUT2D eigenvalue weighted by Gasteiger charge is -2.16. The molecule has 0 saturated carbocycles. The van der Waals surface area contributed by atoms with Crippen molar-refractivity contribution < 1.29 is 0 Å². The van der Waals surface area contributed by atoms with Crippen LogP contribution in [0.3, 0.4) is 0 Å². The van der Waals surface area contributed by atoms with Gasteiger partial charge >= 0.3 is 0 Å². The number of nitrogens with zero attached hydrogens (tertiary/aromatic N) is 4. The van der Waals surface area contributed by atoms with Crippen LogP contribution < -0.4 is 15.8 Å². The minimum atomic E-state index is 0.302. The summed E-state index contributed by atoms with van der Waals surface area (Å²) < 4.78 is 3.36. The highest BCUT2D eigenvalue weighted by molar-refractivity contribution is 8.00. The summed E-state index contributed by atoms with van der Waals surface area (Å²) in [7, 11) is 4.02. The van der Waals surface area contributed by atoms with Crippen molar-refractivity contribution in [2.75, 3.05) is 43.0 Å². The van der Waals surface area contributed by atoms with Gasteiger partial charge in [0.15, 0.2) is 5.82 Å². The molecule has 9 heteroatoms. The molecule has 0 radical (unpaired) electrons. The molecule has 1 aromatic carbocycles. The van der Waals surface area contributed by atoms with E-state index in [2.05, 4.69) is 24.9 Å². The third-order valence-electron chi connectivity index (χ3n) is 4.80. The van der Waals surface area contributed by atoms with E-state index in [0.717, 1.165) is 28.4 Å². The number of nitrogens with two attached hydrogens (primary N) is 1. The van der Waals surface area contributed by atoms with Gasteiger partial charge < -0.3 is 26.1 Å². The van der Waals surface area contributed by atoms with Gasteiger partial charge in [-0.3, -0.25) is 0 Å². The molecule has 0 aliphatic carbocycles. The third kappa shape index (κ3) is 5.95. The number of benzene rings is 1. The van der Waals surface area contributed by atoms with Gasteiger partial charge in [-0.1, -0.05) is 0 Å². The predicted molar refractivity (Wildman–Crippen MR) is 135 cm³/mol. The van der Waals surface area contributed by atoms with E-state index in [1.807, 2.05) is 58.3 Å². The van der Waals surface area contributed by atoms with Gasteiger partial charge in [-0.2, -0.15) is 0 Å². The molecule has 2 heterocycles. The van der Waals surface area contributed by atoms with Crippen molar-refractivity contribution in [2.45, 2.75) is 25.8 Å². The zero-order chi connectivity index (χ0) is 23.3. The first-order chi connectivity index (χ1) is 15.2. The summed E-state index contributed by atoms with van der Waals surface area (Å²) >= 11 is 1.48. The van der Waals surface area contributed by atoms with Crippen LogP contribution in [0.2, 0.25) is 0 Å². The molecule has 5 N–H and O–H groups in total. The van der Waals surface area contributed by atoms with Crippen molar-refractivity contribution in [2.24, 2.45) is 0 Å². The molecule has 0 bridgehead atoms. The van der Waals surface area contributed by atoms with Gasteiger partial charge in [-0.15, -0.1) is 0 Å². The van der Waals surface area contributed by atoms with E-state index in [0.29, 0.717) is 35.3 Å². The highest BCUT2D eigenvalue weighted by atomic mass is 32.2. The van der Waals surface area contributed by atoms with E-state index < -0.39 is 0 Å². The molecular formula is C23H30N8S. The van der Waals surface area contributed by atoms with Gasteiger partial charge in [-0.25, -0.2) is 15.0 Å². The monoisotopic (exact) mass is 450 g/mol. The summed E-state index contributed by atoms with van der Waals surface area (Å²) in [6.45, 7) is 7.30. The van der Waals surface area contributed by atoms with E-state index in [9.17, 15) is 0 Å². The van der Waals surface area contributed by atoms with E-state index in [4.69, 9.17) is 16.1 Å². The molecule has 0 aliphatic heterocycles. The van der Waals surface area contributed by atoms with E-state index in [-0.39, 0.29) is 0 Å². The number of aryl methyl sites for hydroxylation is 2. The molecule has 2 aromatic heterocycles. The van der Waals surface area contributed by atoms with Crippen molar-refractivity contribution in [3.05, 3.63) is 53.2 Å². The van der Waals surface area contributed by atoms with Crippen LogP contribution in [-0.4, -0.2) is 52.7 Å². The Bertz CT molecular complexity index is 1110. The molecule has 0 atom stereocenters. The second kappa shape index (κ2) is 10.4. The lowest BCUT2D eigenvalue weighted by Crippen LogP contribution is -2.22. The summed E-state index contributed by atoms with van der Waals surface area (Å²) in [5, 5.41) is 12.3. The van der Waals surface area contributed by atoms with Crippen molar-refractivity contribution in [1.29, 1.82) is 5.41 Å². The number of likely N-dealkylation sites (N-methyl/N-ethyl adjacent to an activating group) is 1. The van der Waals surface area contributed by atoms with Crippen LogP contribution >= 0.6 is 11.9 Å². The molecule has 0 amide bonds. The number of rotatable bonds is 9. The van der Waals surface area contributed by atoms with Crippen LogP contribution in [0.1, 0.15) is 23.6 Å². The number of anilines is 3. The van der Waals surface area contributed by atoms with Crippen molar-refractivity contribution in [1.82, 2.24) is 19.9 Å². The van der Waals surface area contributed by atoms with Crippen molar-refractivity contribution >= 4 is 35.0 Å². The highest BCUT2D eigenvalue weighted by Crippen LogP contribution is 2.29. The van der Waals surface area contributed by atoms with Gasteiger partial charge in [-0.05, 0) is 76.3 Å². The molecule has 3 rings (SSSR count). The van der Waals surface area contributed by atoms with Crippen LogP contribution in [0.5, 0.6) is 0 Å². The van der Waals surface area contributed by atoms with Crippen molar-refractivity contribution in [3.63, 3.8) is 0 Å². The zero-order valence-corrected chi connectivity index (χ0v) is 20.0. The number of nitrogens with one attached hydrogen (secondary N) is 3. The van der Waals surface area contributed by atoms with Crippen LogP contribution in [0.4, 0.5) is 17.3 Å². The van der Waals surface area contributed by atoms with Crippen LogP contribution in [0, 0.1) is 19.3 Å². The van der Waals surface area contributed by atoms with Crippen molar-refractivity contribution in [3.8, 4) is 11.4 Å². The Kier molecular flexibility index (Phi) is 7.66. The SMILES string of the molecule is CC(=N)c1c(N)nc(-c2ccc(NSc3cc(C)ccn3)c(C)c2)nc1NCCN(C)C. The van der Waals surface area contributed by atoms with Gasteiger partial charge in [0, 0.05) is 48.2 Å². The quantitative estimate of drug-likeness (QED) is 0.283. The van der Waals surface area contributed by atoms with E-state index in [1.165, 1.54) is 17.5 Å². The molecule has 8 nitrogen and oxygen atoms in total. The number of aromatic nitrogens is 3. The van der Waals surface area contributed by atoms with Crippen LogP contribution in [-0.2, 0) is 0 Å². The maximum absolute atomic E-state index is 8.08. The summed E-state index contributed by atoms with van der Waals surface area (Å²) in [4.78, 5) is 15.6. The molecule has 168 valence electrons.